The van der Waals surface area contributed by atoms with Gasteiger partial charge in [-0.15, -0.1) is 0 Å². The van der Waals surface area contributed by atoms with Crippen molar-refractivity contribution in [2.24, 2.45) is 0 Å². The molecule has 6 heteroatoms. The van der Waals surface area contributed by atoms with Crippen LogP contribution in [0.2, 0.25) is 0 Å². The zero-order chi connectivity index (χ0) is 10.7. The Hall–Kier alpha value is 0.150. The van der Waals surface area contributed by atoms with E-state index in [-0.39, 0.29) is 6.61 Å². The molecule has 0 saturated carbocycles. The third-order valence-corrected chi connectivity index (χ3v) is 2.75. The van der Waals surface area contributed by atoms with Gasteiger partial charge in [-0.2, -0.15) is 12.6 Å². The predicted octanol–water partition coefficient (Wildman–Crippen LogP) is -1.24. The Labute approximate surface area is 88.1 Å². The van der Waals surface area contributed by atoms with Crippen LogP contribution in [0.3, 0.4) is 0 Å². The first-order valence-electron chi connectivity index (χ1n) is 4.54. The smallest absolute Gasteiger partial charge is 0.169 e. The van der Waals surface area contributed by atoms with E-state index in [1.165, 1.54) is 0 Å². The van der Waals surface area contributed by atoms with Crippen LogP contribution in [0.5, 0.6) is 0 Å². The fraction of sp³-hybridized carbons (Fsp3) is 1.00. The van der Waals surface area contributed by atoms with E-state index in [9.17, 15) is 10.2 Å². The summed E-state index contributed by atoms with van der Waals surface area (Å²) in [4.78, 5) is 0. The Balaban J connectivity index is 2.67. The minimum Gasteiger partial charge on any atom is -0.394 e. The molecule has 84 valence electrons. The van der Waals surface area contributed by atoms with Gasteiger partial charge in [0.25, 0.3) is 0 Å². The van der Waals surface area contributed by atoms with Crippen molar-refractivity contribution < 1.29 is 24.8 Å². The summed E-state index contributed by atoms with van der Waals surface area (Å²) in [6.45, 7) is 1.83. The first-order chi connectivity index (χ1) is 6.61. The van der Waals surface area contributed by atoms with Gasteiger partial charge in [0.05, 0.1) is 11.9 Å². The molecule has 0 spiro atoms. The van der Waals surface area contributed by atoms with E-state index < -0.39 is 29.9 Å². The van der Waals surface area contributed by atoms with Crippen LogP contribution < -0.4 is 0 Å². The van der Waals surface area contributed by atoms with E-state index in [1.807, 2.05) is 0 Å². The highest BCUT2D eigenvalue weighted by Crippen LogP contribution is 2.25. The molecule has 1 aliphatic heterocycles. The first-order valence-corrected chi connectivity index (χ1v) is 5.05. The Kier molecular flexibility index (Phi) is 4.62. The molecule has 1 saturated heterocycles. The molecule has 0 bridgehead atoms. The molecule has 3 N–H and O–H groups in total. The quantitative estimate of drug-likeness (QED) is 0.451. The SMILES string of the molecule is CCO[C@H]1[C@H](O)[C@@H](CO)O[C@@H](O)[C@@H]1S. The molecule has 0 amide bonds. The second-order valence-electron chi connectivity index (χ2n) is 3.15. The molecule has 0 aromatic carbocycles. The standard InChI is InChI=1S/C8H16O5S/c1-2-12-6-5(10)4(3-9)13-8(11)7(6)14/h4-11,14H,2-3H2,1H3/t4-,5-,6+,7-,8-/m1/s1. The van der Waals surface area contributed by atoms with Crippen molar-refractivity contribution in [3.63, 3.8) is 0 Å². The molecular formula is C8H16O5S. The second kappa shape index (κ2) is 5.29. The molecule has 0 aliphatic carbocycles. The van der Waals surface area contributed by atoms with Gasteiger partial charge >= 0.3 is 0 Å². The summed E-state index contributed by atoms with van der Waals surface area (Å²) in [6.07, 6.45) is -3.53. The molecule has 1 heterocycles. The van der Waals surface area contributed by atoms with E-state index in [0.717, 1.165) is 0 Å². The molecule has 1 fully saturated rings. The van der Waals surface area contributed by atoms with Gasteiger partial charge in [-0.3, -0.25) is 0 Å². The van der Waals surface area contributed by atoms with Crippen LogP contribution in [0.15, 0.2) is 0 Å². The molecule has 1 rings (SSSR count). The number of rotatable bonds is 3. The van der Waals surface area contributed by atoms with Crippen molar-refractivity contribution in [2.45, 2.75) is 36.8 Å². The fourth-order valence-corrected chi connectivity index (χ4v) is 1.79. The Morgan fingerprint density at radius 2 is 2.07 bits per heavy atom. The molecular weight excluding hydrogens is 208 g/mol. The van der Waals surface area contributed by atoms with Gasteiger partial charge < -0.3 is 24.8 Å². The van der Waals surface area contributed by atoms with E-state index >= 15 is 0 Å². The van der Waals surface area contributed by atoms with Gasteiger partial charge in [0.1, 0.15) is 18.3 Å². The van der Waals surface area contributed by atoms with Crippen LogP contribution in [-0.4, -0.2) is 58.4 Å². The van der Waals surface area contributed by atoms with Crippen LogP contribution in [0.25, 0.3) is 0 Å². The van der Waals surface area contributed by atoms with Crippen molar-refractivity contribution in [3.05, 3.63) is 0 Å². The number of hydrogen-bond acceptors (Lipinski definition) is 6. The maximum absolute atomic E-state index is 9.68. The summed E-state index contributed by atoms with van der Waals surface area (Å²) in [7, 11) is 0. The van der Waals surface area contributed by atoms with Crippen molar-refractivity contribution in [2.75, 3.05) is 13.2 Å². The summed E-state index contributed by atoms with van der Waals surface area (Å²) >= 11 is 4.08. The molecule has 0 aromatic heterocycles. The highest BCUT2D eigenvalue weighted by Gasteiger charge is 2.43. The summed E-state index contributed by atoms with van der Waals surface area (Å²) in [5.41, 5.74) is 0. The number of aliphatic hydroxyl groups excluding tert-OH is 3. The maximum Gasteiger partial charge on any atom is 0.169 e. The van der Waals surface area contributed by atoms with E-state index in [1.54, 1.807) is 6.92 Å². The van der Waals surface area contributed by atoms with Crippen LogP contribution in [0.4, 0.5) is 0 Å². The summed E-state index contributed by atoms with van der Waals surface area (Å²) in [5, 5.41) is 27.3. The van der Waals surface area contributed by atoms with Gasteiger partial charge in [-0.25, -0.2) is 0 Å². The maximum atomic E-state index is 9.68. The van der Waals surface area contributed by atoms with Gasteiger partial charge in [-0.05, 0) is 6.92 Å². The summed E-state index contributed by atoms with van der Waals surface area (Å²) < 4.78 is 10.2. The van der Waals surface area contributed by atoms with Crippen LogP contribution in [-0.2, 0) is 9.47 Å². The van der Waals surface area contributed by atoms with Gasteiger partial charge in [0, 0.05) is 6.61 Å². The normalized spacial score (nSPS) is 43.9. The summed E-state index contributed by atoms with van der Waals surface area (Å²) in [5.74, 6) is 0. The topological polar surface area (TPSA) is 79.2 Å². The molecule has 5 nitrogen and oxygen atoms in total. The third kappa shape index (κ3) is 2.39. The lowest BCUT2D eigenvalue weighted by molar-refractivity contribution is -0.242. The zero-order valence-electron chi connectivity index (χ0n) is 7.91. The highest BCUT2D eigenvalue weighted by molar-refractivity contribution is 7.81. The minimum absolute atomic E-state index is 0.359. The van der Waals surface area contributed by atoms with Crippen LogP contribution in [0.1, 0.15) is 6.92 Å². The lowest BCUT2D eigenvalue weighted by Gasteiger charge is -2.40. The van der Waals surface area contributed by atoms with Crippen molar-refractivity contribution in [3.8, 4) is 0 Å². The monoisotopic (exact) mass is 224 g/mol. The first kappa shape index (κ1) is 12.2. The lowest BCUT2D eigenvalue weighted by Crippen LogP contribution is -2.57. The van der Waals surface area contributed by atoms with Gasteiger partial charge in [-0.1, -0.05) is 0 Å². The van der Waals surface area contributed by atoms with Gasteiger partial charge in [0.2, 0.25) is 0 Å². The van der Waals surface area contributed by atoms with E-state index in [2.05, 4.69) is 12.6 Å². The Bertz CT molecular complexity index is 179. The second-order valence-corrected chi connectivity index (χ2v) is 3.75. The van der Waals surface area contributed by atoms with Crippen LogP contribution in [0, 0.1) is 0 Å². The van der Waals surface area contributed by atoms with Crippen molar-refractivity contribution in [1.29, 1.82) is 0 Å². The van der Waals surface area contributed by atoms with Crippen molar-refractivity contribution >= 4 is 12.6 Å². The number of hydrogen-bond donors (Lipinski definition) is 4. The molecule has 14 heavy (non-hydrogen) atoms. The average Bonchev–Trinajstić information content (AvgIpc) is 2.18. The molecule has 0 unspecified atom stereocenters. The molecule has 0 radical (unpaired) electrons. The Morgan fingerprint density at radius 3 is 2.57 bits per heavy atom. The largest absolute Gasteiger partial charge is 0.394 e. The number of ether oxygens (including phenoxy) is 2. The fourth-order valence-electron chi connectivity index (χ4n) is 1.46. The number of aliphatic hydroxyl groups is 3. The van der Waals surface area contributed by atoms with Crippen LogP contribution >= 0.6 is 12.6 Å². The highest BCUT2D eigenvalue weighted by atomic mass is 32.1. The average molecular weight is 224 g/mol. The van der Waals surface area contributed by atoms with E-state index in [4.69, 9.17) is 14.6 Å². The van der Waals surface area contributed by atoms with Crippen molar-refractivity contribution in [1.82, 2.24) is 0 Å². The number of thiol groups is 1. The Morgan fingerprint density at radius 1 is 1.43 bits per heavy atom. The lowest BCUT2D eigenvalue weighted by atomic mass is 10.0. The van der Waals surface area contributed by atoms with Gasteiger partial charge in [0.15, 0.2) is 6.29 Å². The molecule has 1 aliphatic rings. The summed E-state index contributed by atoms with van der Waals surface area (Å²) in [6, 6.07) is 0. The predicted molar refractivity (Wildman–Crippen MR) is 52.2 cm³/mol. The molecule has 5 atom stereocenters. The zero-order valence-corrected chi connectivity index (χ0v) is 8.80. The van der Waals surface area contributed by atoms with E-state index in [0.29, 0.717) is 6.61 Å². The molecule has 0 aromatic rings. The minimum atomic E-state index is -1.13. The third-order valence-electron chi connectivity index (χ3n) is 2.20.